The molecule has 0 saturated carbocycles. The van der Waals surface area contributed by atoms with Crippen molar-refractivity contribution >= 4 is 5.91 Å². The summed E-state index contributed by atoms with van der Waals surface area (Å²) < 4.78 is 7.12. The van der Waals surface area contributed by atoms with Crippen LogP contribution < -0.4 is 5.32 Å². The third-order valence-corrected chi connectivity index (χ3v) is 5.82. The molecule has 1 aromatic carbocycles. The van der Waals surface area contributed by atoms with E-state index in [1.807, 2.05) is 11.0 Å². The van der Waals surface area contributed by atoms with Gasteiger partial charge >= 0.3 is 0 Å². The Morgan fingerprint density at radius 3 is 2.62 bits per heavy atom. The maximum atomic E-state index is 12.4. The molecular weight excluding hydrogens is 364 g/mol. The molecule has 0 spiro atoms. The molecule has 1 saturated heterocycles. The molecule has 2 aromatic heterocycles. The average molecular weight is 393 g/mol. The lowest BCUT2D eigenvalue weighted by molar-refractivity contribution is 0.0704. The third-order valence-electron chi connectivity index (χ3n) is 5.82. The van der Waals surface area contributed by atoms with Gasteiger partial charge in [0, 0.05) is 36.9 Å². The molecule has 1 fully saturated rings. The SMILES string of the molecule is Cc1nn(Cc2ccccc2)c(C)c1CNC1CCN(C(=O)c2ccoc2)CC1. The van der Waals surface area contributed by atoms with Crippen LogP contribution in [0.4, 0.5) is 0 Å². The zero-order valence-electron chi connectivity index (χ0n) is 17.1. The number of carbonyl (C=O) groups excluding carboxylic acids is 1. The standard InChI is InChI=1S/C23H28N4O2/c1-17-22(18(2)27(25-17)15-19-6-4-3-5-7-19)14-24-21-8-11-26(12-9-21)23(28)20-10-13-29-16-20/h3-7,10,13,16,21,24H,8-9,11-12,14-15H2,1-2H3. The molecule has 152 valence electrons. The largest absolute Gasteiger partial charge is 0.472 e. The number of hydrogen-bond donors (Lipinski definition) is 1. The Labute approximate surface area is 171 Å². The van der Waals surface area contributed by atoms with Crippen LogP contribution >= 0.6 is 0 Å². The fourth-order valence-electron chi connectivity index (χ4n) is 4.00. The third kappa shape index (κ3) is 4.43. The molecule has 6 nitrogen and oxygen atoms in total. The number of carbonyl (C=O) groups is 1. The van der Waals surface area contributed by atoms with Gasteiger partial charge in [-0.1, -0.05) is 30.3 Å². The van der Waals surface area contributed by atoms with Crippen LogP contribution in [0.3, 0.4) is 0 Å². The lowest BCUT2D eigenvalue weighted by Crippen LogP contribution is -2.44. The molecule has 4 rings (SSSR count). The predicted octanol–water partition coefficient (Wildman–Crippen LogP) is 3.54. The highest BCUT2D eigenvalue weighted by Gasteiger charge is 2.24. The lowest BCUT2D eigenvalue weighted by Gasteiger charge is -2.32. The number of piperidine rings is 1. The molecule has 3 heterocycles. The number of amides is 1. The first-order valence-corrected chi connectivity index (χ1v) is 10.2. The van der Waals surface area contributed by atoms with Crippen LogP contribution in [0.1, 0.15) is 45.7 Å². The average Bonchev–Trinajstić information content (AvgIpc) is 3.37. The minimum absolute atomic E-state index is 0.0612. The number of likely N-dealkylation sites (tertiary alicyclic amines) is 1. The summed E-state index contributed by atoms with van der Waals surface area (Å²) in [5.74, 6) is 0.0612. The molecule has 1 aliphatic rings. The summed E-state index contributed by atoms with van der Waals surface area (Å²) in [4.78, 5) is 14.3. The fourth-order valence-corrected chi connectivity index (χ4v) is 4.00. The van der Waals surface area contributed by atoms with Crippen molar-refractivity contribution in [2.24, 2.45) is 0 Å². The molecule has 0 aliphatic carbocycles. The monoisotopic (exact) mass is 392 g/mol. The smallest absolute Gasteiger partial charge is 0.257 e. The molecular formula is C23H28N4O2. The highest BCUT2D eigenvalue weighted by Crippen LogP contribution is 2.18. The number of benzene rings is 1. The van der Waals surface area contributed by atoms with Crippen molar-refractivity contribution in [2.75, 3.05) is 13.1 Å². The van der Waals surface area contributed by atoms with Crippen molar-refractivity contribution in [1.29, 1.82) is 0 Å². The molecule has 6 heteroatoms. The maximum Gasteiger partial charge on any atom is 0.257 e. The Balaban J connectivity index is 1.31. The quantitative estimate of drug-likeness (QED) is 0.697. The zero-order chi connectivity index (χ0) is 20.2. The van der Waals surface area contributed by atoms with Gasteiger partial charge in [-0.05, 0) is 38.3 Å². The van der Waals surface area contributed by atoms with Crippen LogP contribution in [0, 0.1) is 13.8 Å². The fraction of sp³-hybridized carbons (Fsp3) is 0.391. The van der Waals surface area contributed by atoms with Crippen LogP contribution in [0.5, 0.6) is 0 Å². The molecule has 0 radical (unpaired) electrons. The Morgan fingerprint density at radius 1 is 1.17 bits per heavy atom. The van der Waals surface area contributed by atoms with Gasteiger partial charge in [0.2, 0.25) is 0 Å². The molecule has 0 unspecified atom stereocenters. The summed E-state index contributed by atoms with van der Waals surface area (Å²) in [7, 11) is 0. The first kappa shape index (κ1) is 19.5. The van der Waals surface area contributed by atoms with Gasteiger partial charge in [0.15, 0.2) is 0 Å². The van der Waals surface area contributed by atoms with E-state index in [2.05, 4.69) is 48.1 Å². The first-order chi connectivity index (χ1) is 14.1. The van der Waals surface area contributed by atoms with Crippen LogP contribution in [-0.4, -0.2) is 39.7 Å². The van der Waals surface area contributed by atoms with Gasteiger partial charge in [-0.25, -0.2) is 0 Å². The van der Waals surface area contributed by atoms with Crippen molar-refractivity contribution in [3.8, 4) is 0 Å². The van der Waals surface area contributed by atoms with E-state index in [4.69, 9.17) is 9.52 Å². The summed E-state index contributed by atoms with van der Waals surface area (Å²) in [6.45, 7) is 7.37. The van der Waals surface area contributed by atoms with E-state index in [-0.39, 0.29) is 5.91 Å². The van der Waals surface area contributed by atoms with E-state index in [0.717, 1.165) is 44.7 Å². The van der Waals surface area contributed by atoms with Crippen LogP contribution in [0.15, 0.2) is 53.3 Å². The number of aryl methyl sites for hydroxylation is 1. The van der Waals surface area contributed by atoms with Crippen molar-refractivity contribution in [1.82, 2.24) is 20.0 Å². The topological polar surface area (TPSA) is 63.3 Å². The van der Waals surface area contributed by atoms with Crippen molar-refractivity contribution in [3.63, 3.8) is 0 Å². The number of aromatic nitrogens is 2. The number of rotatable bonds is 6. The molecule has 29 heavy (non-hydrogen) atoms. The number of hydrogen-bond acceptors (Lipinski definition) is 4. The second-order valence-electron chi connectivity index (χ2n) is 7.75. The zero-order valence-corrected chi connectivity index (χ0v) is 17.1. The second kappa shape index (κ2) is 8.66. The van der Waals surface area contributed by atoms with Gasteiger partial charge in [-0.2, -0.15) is 5.10 Å². The van der Waals surface area contributed by atoms with Gasteiger partial charge in [-0.3, -0.25) is 9.48 Å². The van der Waals surface area contributed by atoms with E-state index >= 15 is 0 Å². The number of nitrogens with one attached hydrogen (secondary N) is 1. The Morgan fingerprint density at radius 2 is 1.93 bits per heavy atom. The highest BCUT2D eigenvalue weighted by molar-refractivity contribution is 5.93. The number of furan rings is 1. The Hall–Kier alpha value is -2.86. The van der Waals surface area contributed by atoms with Gasteiger partial charge < -0.3 is 14.6 Å². The first-order valence-electron chi connectivity index (χ1n) is 10.2. The summed E-state index contributed by atoms with van der Waals surface area (Å²) in [5.41, 5.74) is 5.46. The van der Waals surface area contributed by atoms with Crippen molar-refractivity contribution < 1.29 is 9.21 Å². The lowest BCUT2D eigenvalue weighted by atomic mass is 10.0. The van der Waals surface area contributed by atoms with E-state index in [0.29, 0.717) is 11.6 Å². The molecule has 0 atom stereocenters. The van der Waals surface area contributed by atoms with Crippen molar-refractivity contribution in [3.05, 3.63) is 77.0 Å². The van der Waals surface area contributed by atoms with Crippen LogP contribution in [0.25, 0.3) is 0 Å². The van der Waals surface area contributed by atoms with Gasteiger partial charge in [0.25, 0.3) is 5.91 Å². The van der Waals surface area contributed by atoms with Gasteiger partial charge in [0.05, 0.1) is 24.1 Å². The summed E-state index contributed by atoms with van der Waals surface area (Å²) >= 11 is 0. The second-order valence-corrected chi connectivity index (χ2v) is 7.75. The Kier molecular flexibility index (Phi) is 5.81. The minimum Gasteiger partial charge on any atom is -0.472 e. The van der Waals surface area contributed by atoms with E-state index in [9.17, 15) is 4.79 Å². The van der Waals surface area contributed by atoms with E-state index < -0.39 is 0 Å². The molecule has 1 amide bonds. The summed E-state index contributed by atoms with van der Waals surface area (Å²) in [6, 6.07) is 12.6. The van der Waals surface area contributed by atoms with E-state index in [1.165, 1.54) is 23.1 Å². The summed E-state index contributed by atoms with van der Waals surface area (Å²) in [5, 5.41) is 8.43. The van der Waals surface area contributed by atoms with Gasteiger partial charge in [-0.15, -0.1) is 0 Å². The molecule has 0 bridgehead atoms. The van der Waals surface area contributed by atoms with Crippen molar-refractivity contribution in [2.45, 2.75) is 45.8 Å². The Bertz CT molecular complexity index is 939. The van der Waals surface area contributed by atoms with Crippen LogP contribution in [0.2, 0.25) is 0 Å². The molecule has 3 aromatic rings. The van der Waals surface area contributed by atoms with Crippen LogP contribution in [-0.2, 0) is 13.1 Å². The summed E-state index contributed by atoms with van der Waals surface area (Å²) in [6.07, 6.45) is 4.98. The van der Waals surface area contributed by atoms with E-state index in [1.54, 1.807) is 12.3 Å². The number of nitrogens with zero attached hydrogens (tertiary/aromatic N) is 3. The molecule has 1 N–H and O–H groups in total. The predicted molar refractivity (Wildman–Crippen MR) is 112 cm³/mol. The maximum absolute atomic E-state index is 12.4. The molecule has 1 aliphatic heterocycles. The normalized spacial score (nSPS) is 15.0. The van der Waals surface area contributed by atoms with Gasteiger partial charge in [0.1, 0.15) is 6.26 Å². The highest BCUT2D eigenvalue weighted by atomic mass is 16.3. The minimum atomic E-state index is 0.0612.